The number of aliphatic hydroxyl groups is 3. The standard InChI is InChI=1S/C41H79NO4/c1-3-5-7-9-11-13-15-16-17-18-19-20-21-22-23-24-26-27-29-31-33-35-39(44)41(46)38(37-43)42-40(45)36-34-32-30-28-25-14-12-10-8-6-4-2/h10,12,27,29,38-39,41,43-44,46H,3-9,11,13-26,28,30-37H2,1-2H3,(H,42,45)/b12-10-,29-27+. The lowest BCUT2D eigenvalue weighted by Crippen LogP contribution is -2.50. The number of aliphatic hydroxyl groups excluding tert-OH is 3. The molecule has 0 saturated carbocycles. The van der Waals surface area contributed by atoms with Crippen molar-refractivity contribution in [1.82, 2.24) is 5.32 Å². The van der Waals surface area contributed by atoms with Crippen molar-refractivity contribution in [2.75, 3.05) is 6.61 Å². The Morgan fingerprint density at radius 2 is 0.891 bits per heavy atom. The first-order valence-corrected chi connectivity index (χ1v) is 20.1. The zero-order valence-corrected chi connectivity index (χ0v) is 30.7. The van der Waals surface area contributed by atoms with Gasteiger partial charge in [-0.3, -0.25) is 4.79 Å². The molecule has 5 heteroatoms. The molecule has 0 rings (SSSR count). The second kappa shape index (κ2) is 36.7. The van der Waals surface area contributed by atoms with Crippen molar-refractivity contribution in [2.24, 2.45) is 0 Å². The number of carbonyl (C=O) groups excluding carboxylic acids is 1. The van der Waals surface area contributed by atoms with Crippen LogP contribution in [0.4, 0.5) is 0 Å². The summed E-state index contributed by atoms with van der Waals surface area (Å²) in [7, 11) is 0. The van der Waals surface area contributed by atoms with Crippen LogP contribution in [0.2, 0.25) is 0 Å². The van der Waals surface area contributed by atoms with Gasteiger partial charge in [-0.1, -0.05) is 167 Å². The van der Waals surface area contributed by atoms with Gasteiger partial charge in [0.1, 0.15) is 6.10 Å². The molecule has 46 heavy (non-hydrogen) atoms. The molecule has 5 nitrogen and oxygen atoms in total. The van der Waals surface area contributed by atoms with Crippen LogP contribution >= 0.6 is 0 Å². The van der Waals surface area contributed by atoms with Crippen LogP contribution in [-0.2, 0) is 4.79 Å². The molecule has 0 saturated heterocycles. The fraction of sp³-hybridized carbons (Fsp3) is 0.878. The number of hydrogen-bond donors (Lipinski definition) is 4. The minimum Gasteiger partial charge on any atom is -0.394 e. The summed E-state index contributed by atoms with van der Waals surface area (Å²) in [5, 5.41) is 33.4. The van der Waals surface area contributed by atoms with E-state index in [1.165, 1.54) is 135 Å². The molecule has 3 unspecified atom stereocenters. The Balaban J connectivity index is 3.66. The smallest absolute Gasteiger partial charge is 0.220 e. The van der Waals surface area contributed by atoms with Gasteiger partial charge in [-0.05, 0) is 57.8 Å². The number of hydrogen-bond acceptors (Lipinski definition) is 4. The molecular weight excluding hydrogens is 570 g/mol. The molecule has 0 aliphatic carbocycles. The Morgan fingerprint density at radius 3 is 1.33 bits per heavy atom. The Bertz CT molecular complexity index is 679. The van der Waals surface area contributed by atoms with Gasteiger partial charge in [-0.2, -0.15) is 0 Å². The van der Waals surface area contributed by atoms with Crippen molar-refractivity contribution in [2.45, 2.75) is 225 Å². The number of rotatable bonds is 36. The normalized spacial score (nSPS) is 13.9. The molecule has 1 amide bonds. The number of amides is 1. The molecule has 0 aliphatic rings. The summed E-state index contributed by atoms with van der Waals surface area (Å²) in [6.07, 6.45) is 42.9. The van der Waals surface area contributed by atoms with E-state index in [2.05, 4.69) is 43.5 Å². The highest BCUT2D eigenvalue weighted by Crippen LogP contribution is 2.15. The Labute approximate surface area is 286 Å². The predicted molar refractivity (Wildman–Crippen MR) is 199 cm³/mol. The summed E-state index contributed by atoms with van der Waals surface area (Å²) in [5.74, 6) is -0.166. The molecule has 0 aromatic carbocycles. The van der Waals surface area contributed by atoms with E-state index in [0.717, 1.165) is 44.9 Å². The summed E-state index contributed by atoms with van der Waals surface area (Å²) in [6.45, 7) is 4.12. The zero-order chi connectivity index (χ0) is 33.8. The molecule has 0 aromatic heterocycles. The van der Waals surface area contributed by atoms with Gasteiger partial charge in [-0.25, -0.2) is 0 Å². The number of nitrogens with one attached hydrogen (secondary N) is 1. The van der Waals surface area contributed by atoms with E-state index in [0.29, 0.717) is 12.8 Å². The van der Waals surface area contributed by atoms with Crippen molar-refractivity contribution in [1.29, 1.82) is 0 Å². The lowest BCUT2D eigenvalue weighted by molar-refractivity contribution is -0.124. The maximum atomic E-state index is 12.3. The molecule has 0 aliphatic heterocycles. The highest BCUT2D eigenvalue weighted by molar-refractivity contribution is 5.76. The maximum absolute atomic E-state index is 12.3. The molecule has 0 fully saturated rings. The van der Waals surface area contributed by atoms with Crippen LogP contribution in [0.5, 0.6) is 0 Å². The highest BCUT2D eigenvalue weighted by atomic mass is 16.3. The van der Waals surface area contributed by atoms with Gasteiger partial charge in [0, 0.05) is 6.42 Å². The van der Waals surface area contributed by atoms with Crippen LogP contribution in [0, 0.1) is 0 Å². The van der Waals surface area contributed by atoms with Gasteiger partial charge in [0.2, 0.25) is 5.91 Å². The third kappa shape index (κ3) is 31.4. The van der Waals surface area contributed by atoms with Gasteiger partial charge in [0.15, 0.2) is 0 Å². The van der Waals surface area contributed by atoms with Gasteiger partial charge in [0.05, 0.1) is 18.8 Å². The summed E-state index contributed by atoms with van der Waals surface area (Å²) in [4.78, 5) is 12.3. The summed E-state index contributed by atoms with van der Waals surface area (Å²) < 4.78 is 0. The largest absolute Gasteiger partial charge is 0.394 e. The lowest BCUT2D eigenvalue weighted by Gasteiger charge is -2.26. The van der Waals surface area contributed by atoms with E-state index in [4.69, 9.17) is 0 Å². The molecule has 3 atom stereocenters. The van der Waals surface area contributed by atoms with Gasteiger partial charge in [0.25, 0.3) is 0 Å². The van der Waals surface area contributed by atoms with Crippen molar-refractivity contribution < 1.29 is 20.1 Å². The van der Waals surface area contributed by atoms with Crippen LogP contribution in [-0.4, -0.2) is 46.1 Å². The average molecular weight is 650 g/mol. The summed E-state index contributed by atoms with van der Waals surface area (Å²) >= 11 is 0. The van der Waals surface area contributed by atoms with Crippen LogP contribution in [0.1, 0.15) is 206 Å². The predicted octanol–water partition coefficient (Wildman–Crippen LogP) is 11.0. The minimum absolute atomic E-state index is 0.166. The minimum atomic E-state index is -1.16. The molecule has 0 bridgehead atoms. The van der Waals surface area contributed by atoms with E-state index in [1.807, 2.05) is 0 Å². The monoisotopic (exact) mass is 650 g/mol. The second-order valence-electron chi connectivity index (χ2n) is 13.8. The molecule has 4 N–H and O–H groups in total. The molecule has 272 valence electrons. The van der Waals surface area contributed by atoms with E-state index in [-0.39, 0.29) is 12.5 Å². The third-order valence-electron chi connectivity index (χ3n) is 9.28. The number of allylic oxidation sites excluding steroid dienone is 4. The first-order valence-electron chi connectivity index (χ1n) is 20.1. The van der Waals surface area contributed by atoms with E-state index < -0.39 is 18.2 Å². The van der Waals surface area contributed by atoms with Crippen LogP contribution in [0.15, 0.2) is 24.3 Å². The third-order valence-corrected chi connectivity index (χ3v) is 9.28. The Hall–Kier alpha value is -1.17. The van der Waals surface area contributed by atoms with E-state index in [9.17, 15) is 20.1 Å². The van der Waals surface area contributed by atoms with Crippen molar-refractivity contribution in [3.8, 4) is 0 Å². The number of carbonyl (C=O) groups is 1. The molecule has 0 spiro atoms. The highest BCUT2D eigenvalue weighted by Gasteiger charge is 2.26. The van der Waals surface area contributed by atoms with Gasteiger partial charge >= 0.3 is 0 Å². The van der Waals surface area contributed by atoms with Crippen LogP contribution in [0.3, 0.4) is 0 Å². The lowest BCUT2D eigenvalue weighted by atomic mass is 10.0. The quantitative estimate of drug-likeness (QED) is 0.0401. The molecule has 0 radical (unpaired) electrons. The Kier molecular flexibility index (Phi) is 35.7. The topological polar surface area (TPSA) is 89.8 Å². The average Bonchev–Trinajstić information content (AvgIpc) is 3.06. The van der Waals surface area contributed by atoms with Crippen molar-refractivity contribution >= 4 is 5.91 Å². The maximum Gasteiger partial charge on any atom is 0.220 e. The van der Waals surface area contributed by atoms with Crippen molar-refractivity contribution in [3.63, 3.8) is 0 Å². The van der Waals surface area contributed by atoms with E-state index in [1.54, 1.807) is 0 Å². The van der Waals surface area contributed by atoms with Crippen LogP contribution in [0.25, 0.3) is 0 Å². The molecular formula is C41H79NO4. The molecule has 0 aromatic rings. The fourth-order valence-electron chi connectivity index (χ4n) is 6.08. The SMILES string of the molecule is CCCC/C=C\CCCCCCCC(=O)NC(CO)C(O)C(O)CCC/C=C/CCCCCCCCCCCCCCCCCC. The van der Waals surface area contributed by atoms with Crippen LogP contribution < -0.4 is 5.32 Å². The first kappa shape index (κ1) is 44.8. The van der Waals surface area contributed by atoms with Gasteiger partial charge < -0.3 is 20.6 Å². The summed E-state index contributed by atoms with van der Waals surface area (Å²) in [6, 6.07) is -0.826. The zero-order valence-electron chi connectivity index (χ0n) is 30.7. The first-order chi connectivity index (χ1) is 22.6. The van der Waals surface area contributed by atoms with E-state index >= 15 is 0 Å². The second-order valence-corrected chi connectivity index (χ2v) is 13.8. The summed E-state index contributed by atoms with van der Waals surface area (Å²) in [5.41, 5.74) is 0. The van der Waals surface area contributed by atoms with Gasteiger partial charge in [-0.15, -0.1) is 0 Å². The fourth-order valence-corrected chi connectivity index (χ4v) is 6.08. The molecule has 0 heterocycles. The number of unbranched alkanes of at least 4 members (excludes halogenated alkanes) is 24. The Morgan fingerprint density at radius 1 is 0.522 bits per heavy atom. The van der Waals surface area contributed by atoms with Crippen molar-refractivity contribution in [3.05, 3.63) is 24.3 Å².